The summed E-state index contributed by atoms with van der Waals surface area (Å²) in [6.07, 6.45) is 11.8. The fraction of sp³-hybridized carbons (Fsp3) is 0.875. The summed E-state index contributed by atoms with van der Waals surface area (Å²) in [6.45, 7) is 7.32. The molecule has 152 valence electrons. The van der Waals surface area contributed by atoms with Crippen LogP contribution in [0, 0.1) is 34.5 Å². The van der Waals surface area contributed by atoms with E-state index in [2.05, 4.69) is 20.8 Å². The second-order valence-electron chi connectivity index (χ2n) is 10.7. The minimum Gasteiger partial charge on any atom is -0.481 e. The number of carbonyl (C=O) groups is 1. The second kappa shape index (κ2) is 6.90. The largest absolute Gasteiger partial charge is 0.481 e. The molecule has 2 N–H and O–H groups in total. The van der Waals surface area contributed by atoms with E-state index in [1.54, 1.807) is 11.1 Å². The van der Waals surface area contributed by atoms with Crippen LogP contribution in [0.3, 0.4) is 0 Å². The molecule has 0 radical (unpaired) electrons. The molecule has 4 aliphatic rings. The second-order valence-corrected chi connectivity index (χ2v) is 10.7. The topological polar surface area (TPSA) is 57.5 Å². The quantitative estimate of drug-likeness (QED) is 0.632. The number of carboxylic acids is 1. The van der Waals surface area contributed by atoms with Crippen molar-refractivity contribution in [1.82, 2.24) is 0 Å². The Hall–Kier alpha value is -0.830. The first-order valence-electron chi connectivity index (χ1n) is 11.4. The molecular weight excluding hydrogens is 336 g/mol. The number of hydrogen-bond donors (Lipinski definition) is 2. The van der Waals surface area contributed by atoms with E-state index in [1.807, 2.05) is 0 Å². The molecule has 2 fully saturated rings. The number of aliphatic hydroxyl groups excluding tert-OH is 1. The van der Waals surface area contributed by atoms with Crippen LogP contribution in [0.1, 0.15) is 91.4 Å². The van der Waals surface area contributed by atoms with Crippen LogP contribution < -0.4 is 0 Å². The van der Waals surface area contributed by atoms with Crippen LogP contribution in [0.15, 0.2) is 11.1 Å². The summed E-state index contributed by atoms with van der Waals surface area (Å²) >= 11 is 0. The Labute approximate surface area is 164 Å². The zero-order valence-electron chi connectivity index (χ0n) is 17.5. The first kappa shape index (κ1) is 19.5. The highest BCUT2D eigenvalue weighted by Crippen LogP contribution is 2.65. The van der Waals surface area contributed by atoms with Gasteiger partial charge in [0, 0.05) is 6.42 Å². The SMILES string of the molecule is C[C@H](CCC(=O)O)[C@H]1CC[C@@H]2C3=C(CC[C@@]21C)[C@@]1(C)CC[C@@H](O)C[C@H]1CC3. The molecule has 0 bridgehead atoms. The van der Waals surface area contributed by atoms with Crippen LogP contribution >= 0.6 is 0 Å². The fourth-order valence-electron chi connectivity index (χ4n) is 7.97. The molecule has 0 unspecified atom stereocenters. The highest BCUT2D eigenvalue weighted by molar-refractivity contribution is 5.66. The molecule has 3 heteroatoms. The Morgan fingerprint density at radius 2 is 1.93 bits per heavy atom. The summed E-state index contributed by atoms with van der Waals surface area (Å²) in [6, 6.07) is 0. The molecule has 0 heterocycles. The molecule has 7 atom stereocenters. The molecule has 0 spiro atoms. The van der Waals surface area contributed by atoms with Gasteiger partial charge in [0.25, 0.3) is 0 Å². The Morgan fingerprint density at radius 1 is 1.15 bits per heavy atom. The van der Waals surface area contributed by atoms with Crippen LogP contribution in [0.4, 0.5) is 0 Å². The van der Waals surface area contributed by atoms with Crippen molar-refractivity contribution >= 4 is 5.97 Å². The monoisotopic (exact) mass is 374 g/mol. The molecule has 0 aromatic carbocycles. The van der Waals surface area contributed by atoms with Gasteiger partial charge in [-0.15, -0.1) is 0 Å². The summed E-state index contributed by atoms with van der Waals surface area (Å²) in [7, 11) is 0. The van der Waals surface area contributed by atoms with Crippen molar-refractivity contribution in [3.05, 3.63) is 11.1 Å². The summed E-state index contributed by atoms with van der Waals surface area (Å²) < 4.78 is 0. The Kier molecular flexibility index (Phi) is 4.98. The van der Waals surface area contributed by atoms with Crippen molar-refractivity contribution in [2.24, 2.45) is 34.5 Å². The van der Waals surface area contributed by atoms with Crippen LogP contribution in [0.25, 0.3) is 0 Å². The lowest BCUT2D eigenvalue weighted by atomic mass is 9.50. The highest BCUT2D eigenvalue weighted by Gasteiger charge is 2.55. The van der Waals surface area contributed by atoms with Crippen LogP contribution in [-0.2, 0) is 4.79 Å². The lowest BCUT2D eigenvalue weighted by Gasteiger charge is -2.55. The van der Waals surface area contributed by atoms with E-state index in [0.29, 0.717) is 35.0 Å². The van der Waals surface area contributed by atoms with E-state index in [4.69, 9.17) is 5.11 Å². The zero-order valence-corrected chi connectivity index (χ0v) is 17.5. The van der Waals surface area contributed by atoms with Gasteiger partial charge in [-0.25, -0.2) is 0 Å². The minimum atomic E-state index is -0.652. The third-order valence-electron chi connectivity index (χ3n) is 9.54. The molecule has 0 aliphatic heterocycles. The molecular formula is C24H38O3. The molecule has 0 aromatic heterocycles. The number of hydrogen-bond acceptors (Lipinski definition) is 2. The molecule has 2 saturated carbocycles. The molecule has 27 heavy (non-hydrogen) atoms. The first-order valence-corrected chi connectivity index (χ1v) is 11.4. The lowest BCUT2D eigenvalue weighted by molar-refractivity contribution is -0.137. The Balaban J connectivity index is 1.58. The van der Waals surface area contributed by atoms with E-state index >= 15 is 0 Å². The molecule has 3 nitrogen and oxygen atoms in total. The van der Waals surface area contributed by atoms with Gasteiger partial charge in [-0.05, 0) is 98.7 Å². The van der Waals surface area contributed by atoms with Crippen LogP contribution in [0.5, 0.6) is 0 Å². The van der Waals surface area contributed by atoms with E-state index in [1.165, 1.54) is 44.9 Å². The Bertz CT molecular complexity index is 638. The molecule has 0 saturated heterocycles. The smallest absolute Gasteiger partial charge is 0.303 e. The van der Waals surface area contributed by atoms with Crippen molar-refractivity contribution < 1.29 is 15.0 Å². The van der Waals surface area contributed by atoms with E-state index in [9.17, 15) is 9.90 Å². The van der Waals surface area contributed by atoms with Crippen molar-refractivity contribution in [3.63, 3.8) is 0 Å². The number of aliphatic carboxylic acids is 1. The van der Waals surface area contributed by atoms with Gasteiger partial charge < -0.3 is 10.2 Å². The summed E-state index contributed by atoms with van der Waals surface area (Å²) in [5.74, 6) is 1.93. The molecule has 4 aliphatic carbocycles. The van der Waals surface area contributed by atoms with E-state index < -0.39 is 5.97 Å². The predicted molar refractivity (Wildman–Crippen MR) is 107 cm³/mol. The number of rotatable bonds is 4. The van der Waals surface area contributed by atoms with Gasteiger partial charge in [0.15, 0.2) is 0 Å². The summed E-state index contributed by atoms with van der Waals surface area (Å²) in [5.41, 5.74) is 4.29. The standard InChI is InChI=1S/C24H38O3/c1-15(4-9-22(26)27)19-7-8-20-18-6-5-16-14-17(25)10-12-23(16,2)21(18)11-13-24(19,20)3/h15-17,19-20,25H,4-14H2,1-3H3,(H,26,27)/t15-,16-,17-,19-,20-,23+,24-/m1/s1. The highest BCUT2D eigenvalue weighted by atomic mass is 16.4. The lowest BCUT2D eigenvalue weighted by Crippen LogP contribution is -2.45. The third kappa shape index (κ3) is 3.09. The van der Waals surface area contributed by atoms with E-state index in [-0.39, 0.29) is 6.10 Å². The van der Waals surface area contributed by atoms with Gasteiger partial charge in [0.05, 0.1) is 6.10 Å². The van der Waals surface area contributed by atoms with Crippen LogP contribution in [0.2, 0.25) is 0 Å². The van der Waals surface area contributed by atoms with Gasteiger partial charge in [-0.2, -0.15) is 0 Å². The summed E-state index contributed by atoms with van der Waals surface area (Å²) in [5, 5.41) is 19.3. The van der Waals surface area contributed by atoms with Crippen molar-refractivity contribution in [1.29, 1.82) is 0 Å². The van der Waals surface area contributed by atoms with Crippen LogP contribution in [-0.4, -0.2) is 22.3 Å². The first-order chi connectivity index (χ1) is 12.8. The van der Waals surface area contributed by atoms with Crippen molar-refractivity contribution in [2.75, 3.05) is 0 Å². The maximum absolute atomic E-state index is 11.0. The predicted octanol–water partition coefficient (Wildman–Crippen LogP) is 5.57. The number of allylic oxidation sites excluding steroid dienone is 2. The molecule has 0 aromatic rings. The minimum absolute atomic E-state index is 0.0787. The average Bonchev–Trinajstić information content (AvgIpc) is 2.97. The van der Waals surface area contributed by atoms with E-state index in [0.717, 1.165) is 25.2 Å². The summed E-state index contributed by atoms with van der Waals surface area (Å²) in [4.78, 5) is 11.0. The van der Waals surface area contributed by atoms with Crippen molar-refractivity contribution in [3.8, 4) is 0 Å². The number of aliphatic hydroxyl groups is 1. The third-order valence-corrected chi connectivity index (χ3v) is 9.54. The molecule has 4 rings (SSSR count). The number of carboxylic acid groups (broad SMARTS) is 1. The van der Waals surface area contributed by atoms with Gasteiger partial charge in [-0.3, -0.25) is 4.79 Å². The molecule has 0 amide bonds. The zero-order chi connectivity index (χ0) is 19.4. The number of fused-ring (bicyclic) bond motifs is 4. The van der Waals surface area contributed by atoms with Gasteiger partial charge >= 0.3 is 5.97 Å². The van der Waals surface area contributed by atoms with Gasteiger partial charge in [0.1, 0.15) is 0 Å². The normalized spacial score (nSPS) is 45.0. The maximum Gasteiger partial charge on any atom is 0.303 e. The fourth-order valence-corrected chi connectivity index (χ4v) is 7.97. The maximum atomic E-state index is 11.0. The average molecular weight is 375 g/mol. The van der Waals surface area contributed by atoms with Gasteiger partial charge in [-0.1, -0.05) is 31.9 Å². The van der Waals surface area contributed by atoms with Gasteiger partial charge in [0.2, 0.25) is 0 Å². The Morgan fingerprint density at radius 3 is 2.67 bits per heavy atom. The van der Waals surface area contributed by atoms with Crippen molar-refractivity contribution in [2.45, 2.75) is 97.5 Å².